The second-order valence-electron chi connectivity index (χ2n) is 5.06. The van der Waals surface area contributed by atoms with Crippen LogP contribution in [0.5, 0.6) is 0 Å². The van der Waals surface area contributed by atoms with Gasteiger partial charge in [-0.25, -0.2) is 10.8 Å². The summed E-state index contributed by atoms with van der Waals surface area (Å²) in [5.41, 5.74) is 2.46. The summed E-state index contributed by atoms with van der Waals surface area (Å²) in [5.74, 6) is 6.49. The molecular weight excluding hydrogens is 288 g/mol. The molecule has 2 aromatic heterocycles. The Kier molecular flexibility index (Phi) is 3.89. The highest BCUT2D eigenvalue weighted by Crippen LogP contribution is 2.29. The number of hydrazine groups is 1. The van der Waals surface area contributed by atoms with E-state index in [0.29, 0.717) is 11.8 Å². The maximum absolute atomic E-state index is 12.1. The van der Waals surface area contributed by atoms with Crippen molar-refractivity contribution in [2.75, 3.05) is 30.4 Å². The summed E-state index contributed by atoms with van der Waals surface area (Å²) in [6.45, 7) is 3.96. The molecule has 4 N–H and O–H groups in total. The molecule has 0 bridgehead atoms. The Morgan fingerprint density at radius 3 is 2.90 bits per heavy atom. The van der Waals surface area contributed by atoms with Crippen LogP contribution in [0, 0.1) is 6.92 Å². The molecule has 1 amide bonds. The fraction of sp³-hybridized carbons (Fsp3) is 0.462. The number of nitrogens with one attached hydrogen (secondary N) is 2. The van der Waals surface area contributed by atoms with Gasteiger partial charge in [-0.15, -0.1) is 11.3 Å². The number of aromatic nitrogens is 2. The largest absolute Gasteiger partial charge is 0.360 e. The highest BCUT2D eigenvalue weighted by Gasteiger charge is 2.18. The quantitative estimate of drug-likeness (QED) is 0.582. The molecule has 0 atom stereocenters. The van der Waals surface area contributed by atoms with Crippen molar-refractivity contribution >= 4 is 39.2 Å². The maximum Gasteiger partial charge on any atom is 0.241 e. The number of likely N-dealkylation sites (tertiary alicyclic amines) is 1. The smallest absolute Gasteiger partial charge is 0.241 e. The van der Waals surface area contributed by atoms with Crippen molar-refractivity contribution in [3.63, 3.8) is 0 Å². The van der Waals surface area contributed by atoms with Crippen molar-refractivity contribution in [3.05, 3.63) is 10.9 Å². The predicted octanol–water partition coefficient (Wildman–Crippen LogP) is 1.32. The van der Waals surface area contributed by atoms with Gasteiger partial charge in [-0.3, -0.25) is 10.2 Å². The Labute approximate surface area is 126 Å². The van der Waals surface area contributed by atoms with E-state index in [1.165, 1.54) is 0 Å². The van der Waals surface area contributed by atoms with Crippen LogP contribution in [0.3, 0.4) is 0 Å². The summed E-state index contributed by atoms with van der Waals surface area (Å²) >= 11 is 1.57. The number of amides is 1. The Morgan fingerprint density at radius 1 is 1.43 bits per heavy atom. The van der Waals surface area contributed by atoms with E-state index >= 15 is 0 Å². The third kappa shape index (κ3) is 2.91. The van der Waals surface area contributed by atoms with Gasteiger partial charge in [-0.1, -0.05) is 0 Å². The average molecular weight is 306 g/mol. The molecule has 1 aliphatic rings. The van der Waals surface area contributed by atoms with Crippen LogP contribution in [0.25, 0.3) is 10.2 Å². The number of carbonyl (C=O) groups excluding carboxylic acids is 1. The minimum atomic E-state index is 0.105. The lowest BCUT2D eigenvalue weighted by Crippen LogP contribution is -2.33. The number of nitrogens with zero attached hydrogens (tertiary/aromatic N) is 3. The van der Waals surface area contributed by atoms with Crippen LogP contribution in [0.15, 0.2) is 6.07 Å². The van der Waals surface area contributed by atoms with Crippen molar-refractivity contribution in [1.82, 2.24) is 14.9 Å². The first-order valence-electron chi connectivity index (χ1n) is 6.94. The lowest BCUT2D eigenvalue weighted by atomic mass is 10.3. The van der Waals surface area contributed by atoms with Gasteiger partial charge in [0.25, 0.3) is 0 Å². The molecule has 0 unspecified atom stereocenters. The summed E-state index contributed by atoms with van der Waals surface area (Å²) in [7, 11) is 0. The minimum Gasteiger partial charge on any atom is -0.360 e. The molecule has 0 spiro atoms. The highest BCUT2D eigenvalue weighted by molar-refractivity contribution is 7.18. The molecule has 1 aliphatic heterocycles. The van der Waals surface area contributed by atoms with Crippen LogP contribution in [-0.4, -0.2) is 40.4 Å². The number of hydrogen-bond acceptors (Lipinski definition) is 7. The zero-order valence-corrected chi connectivity index (χ0v) is 12.7. The maximum atomic E-state index is 12.1. The van der Waals surface area contributed by atoms with E-state index in [1.807, 2.05) is 17.9 Å². The first-order valence-corrected chi connectivity index (χ1v) is 7.75. The molecule has 0 aliphatic carbocycles. The van der Waals surface area contributed by atoms with Gasteiger partial charge in [0.1, 0.15) is 10.6 Å². The van der Waals surface area contributed by atoms with Crippen molar-refractivity contribution < 1.29 is 4.79 Å². The van der Waals surface area contributed by atoms with Crippen LogP contribution in [-0.2, 0) is 4.79 Å². The molecule has 0 radical (unpaired) electrons. The lowest BCUT2D eigenvalue weighted by molar-refractivity contribution is -0.128. The van der Waals surface area contributed by atoms with Crippen molar-refractivity contribution in [1.29, 1.82) is 0 Å². The first kappa shape index (κ1) is 14.0. The summed E-state index contributed by atoms with van der Waals surface area (Å²) in [5, 5.41) is 4.04. The number of thiophene rings is 1. The van der Waals surface area contributed by atoms with Gasteiger partial charge in [0.2, 0.25) is 11.9 Å². The van der Waals surface area contributed by atoms with E-state index < -0.39 is 0 Å². The zero-order valence-electron chi connectivity index (χ0n) is 11.8. The number of nitrogen functional groups attached to an aromatic ring is 1. The Bertz CT molecular complexity index is 664. The molecule has 1 saturated heterocycles. The van der Waals surface area contributed by atoms with Crippen LogP contribution < -0.4 is 16.6 Å². The minimum absolute atomic E-state index is 0.105. The van der Waals surface area contributed by atoms with Gasteiger partial charge in [-0.2, -0.15) is 4.98 Å². The monoisotopic (exact) mass is 306 g/mol. The van der Waals surface area contributed by atoms with E-state index in [1.54, 1.807) is 11.3 Å². The number of aryl methyl sites for hydroxylation is 1. The van der Waals surface area contributed by atoms with Gasteiger partial charge < -0.3 is 10.2 Å². The summed E-state index contributed by atoms with van der Waals surface area (Å²) in [6.07, 6.45) is 2.18. The Balaban J connectivity index is 1.80. The fourth-order valence-electron chi connectivity index (χ4n) is 2.48. The molecule has 21 heavy (non-hydrogen) atoms. The Morgan fingerprint density at radius 2 is 2.19 bits per heavy atom. The van der Waals surface area contributed by atoms with Gasteiger partial charge in [0, 0.05) is 18.0 Å². The van der Waals surface area contributed by atoms with E-state index in [9.17, 15) is 4.79 Å². The molecule has 8 heteroatoms. The number of rotatable bonds is 4. The van der Waals surface area contributed by atoms with Crippen molar-refractivity contribution in [2.24, 2.45) is 5.84 Å². The van der Waals surface area contributed by atoms with E-state index in [-0.39, 0.29) is 12.5 Å². The van der Waals surface area contributed by atoms with Gasteiger partial charge in [0.15, 0.2) is 0 Å². The first-order chi connectivity index (χ1) is 10.2. The molecule has 3 heterocycles. The third-order valence-electron chi connectivity index (χ3n) is 3.51. The van der Waals surface area contributed by atoms with Crippen molar-refractivity contribution in [3.8, 4) is 0 Å². The average Bonchev–Trinajstić information content (AvgIpc) is 3.12. The van der Waals surface area contributed by atoms with Gasteiger partial charge >= 0.3 is 0 Å². The molecule has 2 aromatic rings. The summed E-state index contributed by atoms with van der Waals surface area (Å²) in [4.78, 5) is 24.6. The van der Waals surface area contributed by atoms with E-state index in [0.717, 1.165) is 41.0 Å². The topological polar surface area (TPSA) is 96.2 Å². The number of carbonyl (C=O) groups is 1. The van der Waals surface area contributed by atoms with Gasteiger partial charge in [0.05, 0.1) is 11.9 Å². The van der Waals surface area contributed by atoms with Crippen LogP contribution in [0.2, 0.25) is 0 Å². The predicted molar refractivity (Wildman–Crippen MR) is 84.3 cm³/mol. The summed E-state index contributed by atoms with van der Waals surface area (Å²) in [6, 6.07) is 2.02. The fourth-order valence-corrected chi connectivity index (χ4v) is 3.36. The Hall–Kier alpha value is -1.93. The molecule has 112 valence electrons. The van der Waals surface area contributed by atoms with E-state index in [4.69, 9.17) is 5.84 Å². The number of hydrogen-bond donors (Lipinski definition) is 3. The molecule has 7 nitrogen and oxygen atoms in total. The number of fused-ring (bicyclic) bond motifs is 1. The second-order valence-corrected chi connectivity index (χ2v) is 6.29. The standard InChI is InChI=1S/C13H18N6OS/c1-8-6-9-11(16-13(18-14)17-12(9)21-8)15-7-10(20)19-4-2-3-5-19/h6H,2-5,7,14H2,1H3,(H2,15,16,17,18). The van der Waals surface area contributed by atoms with Gasteiger partial charge in [-0.05, 0) is 25.8 Å². The normalized spacial score (nSPS) is 14.7. The zero-order chi connectivity index (χ0) is 14.8. The molecule has 0 saturated carbocycles. The van der Waals surface area contributed by atoms with Crippen LogP contribution >= 0.6 is 11.3 Å². The highest BCUT2D eigenvalue weighted by atomic mass is 32.1. The molecule has 1 fully saturated rings. The lowest BCUT2D eigenvalue weighted by Gasteiger charge is -2.16. The number of anilines is 2. The molecule has 0 aromatic carbocycles. The molecular formula is C13H18N6OS. The number of nitrogens with two attached hydrogens (primary N) is 1. The molecule has 3 rings (SSSR count). The second kappa shape index (κ2) is 5.82. The van der Waals surface area contributed by atoms with E-state index in [2.05, 4.69) is 20.7 Å². The van der Waals surface area contributed by atoms with Crippen molar-refractivity contribution in [2.45, 2.75) is 19.8 Å². The summed E-state index contributed by atoms with van der Waals surface area (Å²) < 4.78 is 0. The van der Waals surface area contributed by atoms with Crippen LogP contribution in [0.4, 0.5) is 11.8 Å². The van der Waals surface area contributed by atoms with Crippen LogP contribution in [0.1, 0.15) is 17.7 Å². The third-order valence-corrected chi connectivity index (χ3v) is 4.46. The SMILES string of the molecule is Cc1cc2c(NCC(=O)N3CCCC3)nc(NN)nc2s1.